The van der Waals surface area contributed by atoms with Crippen molar-refractivity contribution < 1.29 is 19.5 Å². The average molecular weight is 200 g/mol. The van der Waals surface area contributed by atoms with Gasteiger partial charge in [0, 0.05) is 6.54 Å². The summed E-state index contributed by atoms with van der Waals surface area (Å²) in [5.41, 5.74) is 0. The second-order valence-corrected chi connectivity index (χ2v) is 3.26. The van der Waals surface area contributed by atoms with E-state index in [1.807, 2.05) is 0 Å². The van der Waals surface area contributed by atoms with Gasteiger partial charge in [0.2, 0.25) is 11.8 Å². The van der Waals surface area contributed by atoms with Crippen molar-refractivity contribution in [2.24, 2.45) is 0 Å². The number of carbonyl (C=O) groups is 3. The van der Waals surface area contributed by atoms with Gasteiger partial charge < -0.3 is 5.11 Å². The molecule has 0 aromatic carbocycles. The molecule has 0 bridgehead atoms. The van der Waals surface area contributed by atoms with E-state index in [0.717, 1.165) is 0 Å². The van der Waals surface area contributed by atoms with Crippen LogP contribution in [-0.4, -0.2) is 47.4 Å². The number of amides is 2. The molecule has 1 heterocycles. The summed E-state index contributed by atoms with van der Waals surface area (Å²) in [6.45, 7) is 0.265. The highest BCUT2D eigenvalue weighted by Crippen LogP contribution is 2.08. The Morgan fingerprint density at radius 2 is 2.29 bits per heavy atom. The van der Waals surface area contributed by atoms with Gasteiger partial charge in [0.1, 0.15) is 0 Å². The highest BCUT2D eigenvalue weighted by Gasteiger charge is 2.33. The molecule has 78 valence electrons. The van der Waals surface area contributed by atoms with E-state index in [0.29, 0.717) is 0 Å². The number of nitrogens with one attached hydrogen (secondary N) is 1. The molecule has 0 aromatic heterocycles. The molecule has 1 saturated heterocycles. The molecular weight excluding hydrogens is 188 g/mol. The van der Waals surface area contributed by atoms with E-state index >= 15 is 0 Å². The summed E-state index contributed by atoms with van der Waals surface area (Å²) in [5, 5.41) is 10.6. The van der Waals surface area contributed by atoms with Gasteiger partial charge in [-0.25, -0.2) is 0 Å². The molecule has 0 radical (unpaired) electrons. The number of hydrogen-bond donors (Lipinski definition) is 2. The van der Waals surface area contributed by atoms with Crippen LogP contribution in [0.3, 0.4) is 0 Å². The lowest BCUT2D eigenvalue weighted by atomic mass is 10.2. The normalized spacial score (nSPS) is 21.4. The van der Waals surface area contributed by atoms with Gasteiger partial charge in [0.15, 0.2) is 0 Å². The Bertz CT molecular complexity index is 277. The molecule has 0 saturated carbocycles. The lowest BCUT2D eigenvalue weighted by Crippen LogP contribution is -2.39. The highest BCUT2D eigenvalue weighted by molar-refractivity contribution is 6.05. The third-order valence-electron chi connectivity index (χ3n) is 2.15. The monoisotopic (exact) mass is 200 g/mol. The Hall–Kier alpha value is -1.43. The van der Waals surface area contributed by atoms with Crippen molar-refractivity contribution in [1.82, 2.24) is 10.2 Å². The molecule has 1 rings (SSSR count). The van der Waals surface area contributed by atoms with E-state index in [4.69, 9.17) is 5.11 Å². The fraction of sp³-hybridized carbons (Fsp3) is 0.625. The van der Waals surface area contributed by atoms with E-state index in [2.05, 4.69) is 5.32 Å². The molecule has 1 unspecified atom stereocenters. The topological polar surface area (TPSA) is 86.7 Å². The van der Waals surface area contributed by atoms with Crippen molar-refractivity contribution in [2.45, 2.75) is 18.9 Å². The van der Waals surface area contributed by atoms with Crippen LogP contribution in [0.5, 0.6) is 0 Å². The molecule has 1 fully saturated rings. The SMILES string of the molecule is CN(CCC(=O)O)C1CC(=O)NC1=O. The zero-order chi connectivity index (χ0) is 10.7. The first-order chi connectivity index (χ1) is 6.50. The van der Waals surface area contributed by atoms with Crippen molar-refractivity contribution in [1.29, 1.82) is 0 Å². The second kappa shape index (κ2) is 4.19. The Morgan fingerprint density at radius 3 is 2.71 bits per heavy atom. The smallest absolute Gasteiger partial charge is 0.304 e. The van der Waals surface area contributed by atoms with Gasteiger partial charge in [-0.05, 0) is 7.05 Å². The lowest BCUT2D eigenvalue weighted by Gasteiger charge is -2.19. The lowest BCUT2D eigenvalue weighted by molar-refractivity contribution is -0.138. The highest BCUT2D eigenvalue weighted by atomic mass is 16.4. The van der Waals surface area contributed by atoms with Crippen LogP contribution in [0.2, 0.25) is 0 Å². The quantitative estimate of drug-likeness (QED) is 0.557. The number of hydrogen-bond acceptors (Lipinski definition) is 4. The fourth-order valence-corrected chi connectivity index (χ4v) is 1.32. The largest absolute Gasteiger partial charge is 0.481 e. The van der Waals surface area contributed by atoms with E-state index < -0.39 is 12.0 Å². The van der Waals surface area contributed by atoms with Crippen molar-refractivity contribution in [3.8, 4) is 0 Å². The minimum absolute atomic E-state index is 0.0333. The Balaban J connectivity index is 2.44. The van der Waals surface area contributed by atoms with E-state index in [1.54, 1.807) is 11.9 Å². The van der Waals surface area contributed by atoms with Crippen LogP contribution in [0.1, 0.15) is 12.8 Å². The Morgan fingerprint density at radius 1 is 1.64 bits per heavy atom. The predicted molar refractivity (Wildman–Crippen MR) is 46.4 cm³/mol. The minimum atomic E-state index is -0.915. The van der Waals surface area contributed by atoms with Crippen molar-refractivity contribution in [3.05, 3.63) is 0 Å². The first-order valence-corrected chi connectivity index (χ1v) is 4.26. The van der Waals surface area contributed by atoms with Crippen LogP contribution in [0.15, 0.2) is 0 Å². The van der Waals surface area contributed by atoms with Gasteiger partial charge in [-0.15, -0.1) is 0 Å². The minimum Gasteiger partial charge on any atom is -0.481 e. The first kappa shape index (κ1) is 10.6. The number of aliphatic carboxylic acids is 1. The summed E-state index contributed by atoms with van der Waals surface area (Å²) in [5.74, 6) is -1.56. The summed E-state index contributed by atoms with van der Waals surface area (Å²) in [4.78, 5) is 33.8. The van der Waals surface area contributed by atoms with Crippen molar-refractivity contribution in [3.63, 3.8) is 0 Å². The zero-order valence-electron chi connectivity index (χ0n) is 7.82. The second-order valence-electron chi connectivity index (χ2n) is 3.26. The number of likely N-dealkylation sites (N-methyl/N-ethyl adjacent to an activating group) is 1. The first-order valence-electron chi connectivity index (χ1n) is 4.26. The van der Waals surface area contributed by atoms with Crippen LogP contribution in [0.4, 0.5) is 0 Å². The fourth-order valence-electron chi connectivity index (χ4n) is 1.32. The number of carboxylic acids is 1. The number of imide groups is 1. The molecule has 6 heteroatoms. The molecule has 2 amide bonds. The zero-order valence-corrected chi connectivity index (χ0v) is 7.82. The molecule has 14 heavy (non-hydrogen) atoms. The van der Waals surface area contributed by atoms with Gasteiger partial charge in [-0.3, -0.25) is 24.6 Å². The summed E-state index contributed by atoms with van der Waals surface area (Å²) in [6.07, 6.45) is 0.0867. The van der Waals surface area contributed by atoms with Crippen LogP contribution in [-0.2, 0) is 14.4 Å². The van der Waals surface area contributed by atoms with E-state index in [1.165, 1.54) is 0 Å². The molecular formula is C8H12N2O4. The van der Waals surface area contributed by atoms with Gasteiger partial charge in [0.25, 0.3) is 0 Å². The third kappa shape index (κ3) is 2.53. The summed E-state index contributed by atoms with van der Waals surface area (Å²) in [6, 6.07) is -0.512. The number of carboxylic acid groups (broad SMARTS) is 1. The predicted octanol–water partition coefficient (Wildman–Crippen LogP) is -1.19. The standard InChI is InChI=1S/C8H12N2O4/c1-10(3-2-7(12)13)5-4-6(11)9-8(5)14/h5H,2-4H2,1H3,(H,12,13)(H,9,11,14). The van der Waals surface area contributed by atoms with Gasteiger partial charge >= 0.3 is 5.97 Å². The summed E-state index contributed by atoms with van der Waals surface area (Å²) in [7, 11) is 1.63. The molecule has 1 aliphatic heterocycles. The average Bonchev–Trinajstić information content (AvgIpc) is 2.41. The Kier molecular flexibility index (Phi) is 3.19. The van der Waals surface area contributed by atoms with Gasteiger partial charge in [-0.2, -0.15) is 0 Å². The maximum Gasteiger partial charge on any atom is 0.304 e. The van der Waals surface area contributed by atoms with Gasteiger partial charge in [-0.1, -0.05) is 0 Å². The Labute approximate surface area is 80.9 Å². The van der Waals surface area contributed by atoms with Crippen LogP contribution >= 0.6 is 0 Å². The molecule has 6 nitrogen and oxygen atoms in total. The summed E-state index contributed by atoms with van der Waals surface area (Å²) >= 11 is 0. The molecule has 0 aromatic rings. The molecule has 2 N–H and O–H groups in total. The van der Waals surface area contributed by atoms with E-state index in [9.17, 15) is 14.4 Å². The third-order valence-corrected chi connectivity index (χ3v) is 2.15. The molecule has 1 aliphatic rings. The van der Waals surface area contributed by atoms with Gasteiger partial charge in [0.05, 0.1) is 18.9 Å². The van der Waals surface area contributed by atoms with Crippen molar-refractivity contribution >= 4 is 17.8 Å². The van der Waals surface area contributed by atoms with Crippen LogP contribution < -0.4 is 5.32 Å². The maximum absolute atomic E-state index is 11.1. The molecule has 1 atom stereocenters. The number of nitrogens with zero attached hydrogens (tertiary/aromatic N) is 1. The van der Waals surface area contributed by atoms with Crippen LogP contribution in [0, 0.1) is 0 Å². The van der Waals surface area contributed by atoms with Crippen LogP contribution in [0.25, 0.3) is 0 Å². The van der Waals surface area contributed by atoms with Crippen molar-refractivity contribution in [2.75, 3.05) is 13.6 Å². The maximum atomic E-state index is 11.1. The molecule has 0 aliphatic carbocycles. The summed E-state index contributed by atoms with van der Waals surface area (Å²) < 4.78 is 0. The number of rotatable bonds is 4. The van der Waals surface area contributed by atoms with E-state index in [-0.39, 0.29) is 31.2 Å². The molecule has 0 spiro atoms. The number of carbonyl (C=O) groups excluding carboxylic acids is 2.